The molecule has 5 atom stereocenters. The van der Waals surface area contributed by atoms with Gasteiger partial charge in [0, 0.05) is 47.1 Å². The van der Waals surface area contributed by atoms with Crippen molar-refractivity contribution in [3.05, 3.63) is 312 Å². The number of ether oxygens (including phenoxy) is 8. The number of fused-ring (bicyclic) bond motifs is 2. The summed E-state index contributed by atoms with van der Waals surface area (Å²) in [6, 6.07) is 81.6. The molecule has 1 amide bonds. The van der Waals surface area contributed by atoms with Crippen molar-refractivity contribution in [3.63, 3.8) is 0 Å². The molecule has 21 nitrogen and oxygen atoms in total. The summed E-state index contributed by atoms with van der Waals surface area (Å²) in [6.45, 7) is 22.5. The quantitative estimate of drug-likeness (QED) is 0.0117. The Bertz CT molecular complexity index is 5470. The molecular formula is C96H105NO20P2S6. The summed E-state index contributed by atoms with van der Waals surface area (Å²) in [4.78, 5) is 41.8. The molecule has 0 heterocycles. The van der Waals surface area contributed by atoms with Crippen LogP contribution in [-0.4, -0.2) is 96.4 Å². The molecule has 0 N–H and O–H groups in total. The normalized spacial score (nSPS) is 11.8. The molecule has 12 aromatic rings. The molecule has 125 heavy (non-hydrogen) atoms. The van der Waals surface area contributed by atoms with Gasteiger partial charge in [0.15, 0.2) is 58.1 Å². The van der Waals surface area contributed by atoms with Crippen molar-refractivity contribution in [1.29, 1.82) is 0 Å². The smallest absolute Gasteiger partial charge is 0.349 e. The van der Waals surface area contributed by atoms with Crippen LogP contribution in [0.1, 0.15) is 138 Å². The number of nitrogens with zero attached hydrogens (tertiary/aromatic N) is 1. The van der Waals surface area contributed by atoms with Crippen LogP contribution in [0.5, 0.6) is 28.7 Å². The van der Waals surface area contributed by atoms with Gasteiger partial charge >= 0.3 is 11.9 Å². The predicted molar refractivity (Wildman–Crippen MR) is 501 cm³/mol. The summed E-state index contributed by atoms with van der Waals surface area (Å²) in [5.74, 6) is 1.79. The predicted octanol–water partition coefficient (Wildman–Crippen LogP) is 20.2. The molecule has 0 aliphatic rings. The van der Waals surface area contributed by atoms with Crippen molar-refractivity contribution in [2.24, 2.45) is 0 Å². The standard InChI is InChI=1S/C27H33O3S.C25H27NO5S.2C22H22O6S.2HPS/c1-4-28-19-22-7-13-25(14-8-22)31(26-15-9-23(10-16-26)20-29-5-2)27-17-11-24(12-18-27)21-30-6-3;1-3-19(2)21-9-13-23(14-10-21)31-18-25(27)26(17-20-7-5-4-6-8-20)22-11-15-24(16-12-22)32(28,29)30;1-3-15(2)16-10-12-17(13-11-16)27-14-22(23)28-20-8-4-7-19-18(20)6-5-9-21(19)29(24,25)26;1-3-15(2)16-8-10-17(11-9-16)27-14-22(23)28-20-12-13-21(29(24,25)26)19-7-5-4-6-18(19)20;2*1-2/h7-18H,4-6,19-21H2,1-3H3;4-16,19H,3,17-18H2,1-2H3,(H,28,29,30);2*4-13,15H,3,14H2,1-2H3,(H,24,25,26);2*1H/q+1;;;;;/p-1. The fourth-order valence-electron chi connectivity index (χ4n) is 12.4. The minimum atomic E-state index is -4.65. The highest BCUT2D eigenvalue weighted by Crippen LogP contribution is 2.36. The highest BCUT2D eigenvalue weighted by Gasteiger charge is 2.29. The number of rotatable bonds is 35. The van der Waals surface area contributed by atoms with E-state index in [-0.39, 0.29) is 80.1 Å². The third kappa shape index (κ3) is 32.1. The van der Waals surface area contributed by atoms with Crippen LogP contribution >= 0.6 is 16.0 Å². The monoisotopic (exact) mass is 1850 g/mol. The fraction of sp³-hybridized carbons (Fsp3) is 0.260. The molecule has 0 saturated carbocycles. The lowest BCUT2D eigenvalue weighted by Gasteiger charge is -2.24. The van der Waals surface area contributed by atoms with E-state index in [1.807, 2.05) is 116 Å². The average Bonchev–Trinajstić information content (AvgIpc) is 0.785. The number of carbonyl (C=O) groups excluding carboxylic acids is 3. The first-order valence-electron chi connectivity index (χ1n) is 40.3. The number of esters is 2. The summed E-state index contributed by atoms with van der Waals surface area (Å²) < 4.78 is 146. The van der Waals surface area contributed by atoms with E-state index in [4.69, 9.17) is 37.9 Å². The maximum absolute atomic E-state index is 13.0. The summed E-state index contributed by atoms with van der Waals surface area (Å²) in [6.07, 6.45) is 3.11. The molecule has 0 aromatic heterocycles. The van der Waals surface area contributed by atoms with E-state index in [1.54, 1.807) is 48.5 Å². The number of anilines is 1. The lowest BCUT2D eigenvalue weighted by Crippen LogP contribution is -2.34. The number of hydrogen-bond donors (Lipinski definition) is 0. The van der Waals surface area contributed by atoms with Crippen LogP contribution in [0.2, 0.25) is 0 Å². The van der Waals surface area contributed by atoms with Crippen LogP contribution in [0.3, 0.4) is 0 Å². The molecule has 5 unspecified atom stereocenters. The van der Waals surface area contributed by atoms with Crippen LogP contribution in [0.25, 0.3) is 21.5 Å². The second-order valence-electron chi connectivity index (χ2n) is 28.1. The highest BCUT2D eigenvalue weighted by molar-refractivity contribution is 7.97. The van der Waals surface area contributed by atoms with Crippen molar-refractivity contribution >= 4 is 126 Å². The second kappa shape index (κ2) is 52.2. The van der Waals surface area contributed by atoms with E-state index in [0.717, 1.165) is 50.7 Å². The zero-order valence-corrected chi connectivity index (χ0v) is 78.3. The largest absolute Gasteiger partial charge is 0.744 e. The van der Waals surface area contributed by atoms with E-state index in [1.165, 1.54) is 120 Å². The van der Waals surface area contributed by atoms with Crippen molar-refractivity contribution in [2.75, 3.05) is 44.5 Å². The van der Waals surface area contributed by atoms with Crippen LogP contribution < -0.4 is 28.6 Å². The lowest BCUT2D eigenvalue weighted by atomic mass is 9.99. The Kier molecular flexibility index (Phi) is 42.6. The van der Waals surface area contributed by atoms with Gasteiger partial charge in [-0.15, -0.1) is 0 Å². The molecular weight excluding hydrogens is 1740 g/mol. The third-order valence-corrected chi connectivity index (χ3v) is 24.6. The summed E-state index contributed by atoms with van der Waals surface area (Å²) in [7, 11) is -10.0. The number of benzene rings is 12. The molecule has 0 bridgehead atoms. The Morgan fingerprint density at radius 2 is 0.696 bits per heavy atom. The van der Waals surface area contributed by atoms with Gasteiger partial charge in [-0.25, -0.2) is 34.8 Å². The summed E-state index contributed by atoms with van der Waals surface area (Å²) >= 11 is 8.00. The Hall–Kier alpha value is -10.0. The van der Waals surface area contributed by atoms with Gasteiger partial charge in [0.25, 0.3) is 5.91 Å². The van der Waals surface area contributed by atoms with Crippen molar-refractivity contribution in [1.82, 2.24) is 0 Å². The van der Waals surface area contributed by atoms with Gasteiger partial charge in [0.05, 0.1) is 51.9 Å². The van der Waals surface area contributed by atoms with Crippen molar-refractivity contribution in [3.8, 4) is 28.7 Å². The fourth-order valence-corrected chi connectivity index (χ4v) is 16.3. The minimum absolute atomic E-state index is 0.161. The lowest BCUT2D eigenvalue weighted by molar-refractivity contribution is -0.137. The maximum Gasteiger partial charge on any atom is 0.349 e. The van der Waals surface area contributed by atoms with Gasteiger partial charge in [0.1, 0.15) is 75.1 Å². The summed E-state index contributed by atoms with van der Waals surface area (Å²) in [5, 5.41) is 1.12. The number of amides is 1. The van der Waals surface area contributed by atoms with Gasteiger partial charge in [-0.3, -0.25) is 4.79 Å². The van der Waals surface area contributed by atoms with E-state index in [2.05, 4.69) is 138 Å². The van der Waals surface area contributed by atoms with E-state index in [0.29, 0.717) is 71.3 Å². The second-order valence-corrected chi connectivity index (χ2v) is 34.2. The summed E-state index contributed by atoms with van der Waals surface area (Å²) in [5.41, 5.74) is 8.59. The Balaban J connectivity index is 0.000000226. The number of hydrogen-bond acceptors (Lipinski definition) is 22. The van der Waals surface area contributed by atoms with Crippen molar-refractivity contribution in [2.45, 2.75) is 155 Å². The van der Waals surface area contributed by atoms with Crippen LogP contribution in [0.15, 0.2) is 302 Å². The molecule has 0 aliphatic heterocycles. The van der Waals surface area contributed by atoms with E-state index >= 15 is 0 Å². The Morgan fingerprint density at radius 1 is 0.360 bits per heavy atom. The Morgan fingerprint density at radius 3 is 1.06 bits per heavy atom. The van der Waals surface area contributed by atoms with Crippen LogP contribution in [-0.2, 0) is 120 Å². The van der Waals surface area contributed by atoms with Gasteiger partial charge < -0.3 is 56.5 Å². The molecule has 12 rings (SSSR count). The zero-order valence-electron chi connectivity index (χ0n) is 71.1. The molecule has 29 heteroatoms. The van der Waals surface area contributed by atoms with E-state index in [9.17, 15) is 53.3 Å². The first kappa shape index (κ1) is 102. The molecule has 0 radical (unpaired) electrons. The topological polar surface area (TPSA) is 300 Å². The van der Waals surface area contributed by atoms with E-state index < -0.39 is 42.3 Å². The molecule has 0 spiro atoms. The molecule has 0 saturated heterocycles. The average molecular weight is 1850 g/mol. The first-order valence-corrected chi connectivity index (χ1v) is 49.5. The van der Waals surface area contributed by atoms with Crippen LogP contribution in [0, 0.1) is 0 Å². The SMILES string of the molecule is CCC(C)c1ccc(OCC(=O)N(Cc2ccccc2)c2ccc(S(=O)(=O)[O-])cc2)cc1.CCC(C)c1ccc(OCC(=O)Oc2ccc(S(=O)(=O)[O-])c3ccccc23)cc1.CCC(C)c1ccc(OCC(=O)Oc2cccc3c(S(=O)(=O)[O-])cccc23)cc1.CCOCc1ccc([S+](c2ccc(COCC)cc2)c2ccc(COCC)cc2)cc1.[PH2+]=S.[PH2+]=S. The van der Waals surface area contributed by atoms with Gasteiger partial charge in [-0.05, 0) is 218 Å². The maximum atomic E-state index is 13.0. The zero-order chi connectivity index (χ0) is 91.1. The molecule has 12 aromatic carbocycles. The van der Waals surface area contributed by atoms with Crippen LogP contribution in [0.4, 0.5) is 5.69 Å². The number of carbonyl (C=O) groups is 3. The molecule has 0 aliphatic carbocycles. The third-order valence-electron chi connectivity index (χ3n) is 19.7. The minimum Gasteiger partial charge on any atom is -0.744 e. The van der Waals surface area contributed by atoms with Gasteiger partial charge in [-0.2, -0.15) is 0 Å². The van der Waals surface area contributed by atoms with Gasteiger partial charge in [-0.1, -0.05) is 193 Å². The molecule has 0 fully saturated rings. The Labute approximate surface area is 751 Å². The molecule has 660 valence electrons. The first-order chi connectivity index (χ1) is 60.1. The highest BCUT2D eigenvalue weighted by atomic mass is 32.4. The van der Waals surface area contributed by atoms with Gasteiger partial charge in [0.2, 0.25) is 0 Å². The van der Waals surface area contributed by atoms with Crippen molar-refractivity contribution < 1.29 is 91.2 Å².